The Morgan fingerprint density at radius 2 is 2.00 bits per heavy atom. The smallest absolute Gasteiger partial charge is 0.00175 e. The molecule has 0 saturated carbocycles. The average molecular weight is 183 g/mol. The van der Waals surface area contributed by atoms with Gasteiger partial charge in [0, 0.05) is 0 Å². The van der Waals surface area contributed by atoms with Crippen LogP contribution in [0, 0.1) is 11.8 Å². The van der Waals surface area contributed by atoms with Gasteiger partial charge in [0.1, 0.15) is 0 Å². The quantitative estimate of drug-likeness (QED) is 0.492. The van der Waals surface area contributed by atoms with Gasteiger partial charge in [0.15, 0.2) is 0 Å². The highest BCUT2D eigenvalue weighted by molar-refractivity contribution is 5.01. The molecule has 0 aliphatic rings. The summed E-state index contributed by atoms with van der Waals surface area (Å²) in [6.07, 6.45) is 3.45. The Labute approximate surface area is 83.6 Å². The minimum absolute atomic E-state index is 0.703. The van der Waals surface area contributed by atoms with Crippen molar-refractivity contribution in [2.45, 2.75) is 41.0 Å². The van der Waals surface area contributed by atoms with Crippen molar-refractivity contribution >= 4 is 0 Å². The first-order valence-corrected chi connectivity index (χ1v) is 5.47. The highest BCUT2D eigenvalue weighted by atomic mass is 14.8. The maximum atomic E-state index is 3.47. The van der Waals surface area contributed by atoms with Crippen molar-refractivity contribution in [1.29, 1.82) is 0 Å². The number of hydrogen-bond donors (Lipinski definition) is 1. The summed E-state index contributed by atoms with van der Waals surface area (Å²) in [5.74, 6) is 1.44. The van der Waals surface area contributed by atoms with Crippen molar-refractivity contribution in [2.75, 3.05) is 13.1 Å². The number of allylic oxidation sites excluding steroid dienone is 2. The number of nitrogens with one attached hydrogen (secondary N) is 1. The zero-order valence-corrected chi connectivity index (χ0v) is 9.85. The van der Waals surface area contributed by atoms with Gasteiger partial charge in [-0.1, -0.05) is 32.4 Å². The minimum Gasteiger partial charge on any atom is -0.316 e. The zero-order chi connectivity index (χ0) is 10.3. The van der Waals surface area contributed by atoms with E-state index in [0.29, 0.717) is 5.92 Å². The molecule has 0 aliphatic heterocycles. The second-order valence-corrected chi connectivity index (χ2v) is 4.00. The lowest BCUT2D eigenvalue weighted by Gasteiger charge is -2.21. The summed E-state index contributed by atoms with van der Waals surface area (Å²) in [5.41, 5.74) is 1.51. The normalized spacial score (nSPS) is 17.2. The van der Waals surface area contributed by atoms with Crippen LogP contribution in [0.4, 0.5) is 0 Å². The third kappa shape index (κ3) is 5.09. The lowest BCUT2D eigenvalue weighted by Crippen LogP contribution is -2.26. The molecular weight excluding hydrogens is 158 g/mol. The van der Waals surface area contributed by atoms with Gasteiger partial charge < -0.3 is 5.32 Å². The van der Waals surface area contributed by atoms with Crippen LogP contribution in [-0.2, 0) is 0 Å². The summed E-state index contributed by atoms with van der Waals surface area (Å²) in [6.45, 7) is 13.5. The van der Waals surface area contributed by atoms with Crippen LogP contribution in [-0.4, -0.2) is 13.1 Å². The molecule has 0 rings (SSSR count). The maximum absolute atomic E-state index is 3.47. The van der Waals surface area contributed by atoms with Gasteiger partial charge in [-0.2, -0.15) is 0 Å². The lowest BCUT2D eigenvalue weighted by atomic mass is 9.89. The monoisotopic (exact) mass is 183 g/mol. The van der Waals surface area contributed by atoms with Gasteiger partial charge >= 0.3 is 0 Å². The Bertz CT molecular complexity index is 149. The first-order valence-electron chi connectivity index (χ1n) is 5.47. The van der Waals surface area contributed by atoms with Crippen molar-refractivity contribution in [3.05, 3.63) is 11.6 Å². The summed E-state index contributed by atoms with van der Waals surface area (Å²) in [4.78, 5) is 0. The molecule has 0 bridgehead atoms. The molecule has 1 nitrogen and oxygen atoms in total. The van der Waals surface area contributed by atoms with Gasteiger partial charge in [0.25, 0.3) is 0 Å². The summed E-state index contributed by atoms with van der Waals surface area (Å²) < 4.78 is 0. The van der Waals surface area contributed by atoms with Crippen LogP contribution in [0.1, 0.15) is 41.0 Å². The standard InChI is InChI=1S/C12H25N/c1-6-8-13-9-11(4)12(5)10(3)7-2/h7,11-13H,6,8-9H2,1-5H3/b10-7-. The Morgan fingerprint density at radius 1 is 1.38 bits per heavy atom. The third-order valence-electron chi connectivity index (χ3n) is 2.92. The van der Waals surface area contributed by atoms with Crippen LogP contribution in [0.2, 0.25) is 0 Å². The van der Waals surface area contributed by atoms with E-state index in [1.165, 1.54) is 12.0 Å². The third-order valence-corrected chi connectivity index (χ3v) is 2.92. The van der Waals surface area contributed by atoms with E-state index in [9.17, 15) is 0 Å². The molecule has 0 aliphatic carbocycles. The van der Waals surface area contributed by atoms with E-state index >= 15 is 0 Å². The molecule has 0 radical (unpaired) electrons. The SMILES string of the molecule is C/C=C(/C)C(C)C(C)CNCCC. The first-order chi connectivity index (χ1) is 6.13. The summed E-state index contributed by atoms with van der Waals surface area (Å²) in [6, 6.07) is 0. The highest BCUT2D eigenvalue weighted by Crippen LogP contribution is 2.18. The fourth-order valence-electron chi connectivity index (χ4n) is 1.39. The molecule has 0 aromatic carbocycles. The van der Waals surface area contributed by atoms with E-state index < -0.39 is 0 Å². The van der Waals surface area contributed by atoms with Crippen LogP contribution < -0.4 is 5.32 Å². The molecule has 2 unspecified atom stereocenters. The molecule has 0 fully saturated rings. The van der Waals surface area contributed by atoms with Gasteiger partial charge in [0.05, 0.1) is 0 Å². The molecule has 0 aromatic rings. The van der Waals surface area contributed by atoms with Gasteiger partial charge in [-0.05, 0) is 45.2 Å². The average Bonchev–Trinajstić information content (AvgIpc) is 2.15. The Morgan fingerprint density at radius 3 is 2.46 bits per heavy atom. The van der Waals surface area contributed by atoms with Gasteiger partial charge in [-0.15, -0.1) is 0 Å². The van der Waals surface area contributed by atoms with E-state index in [2.05, 4.69) is 46.0 Å². The van der Waals surface area contributed by atoms with E-state index in [1.54, 1.807) is 0 Å². The first kappa shape index (κ1) is 12.7. The predicted octanol–water partition coefficient (Wildman–Crippen LogP) is 3.22. The largest absolute Gasteiger partial charge is 0.316 e. The fourth-order valence-corrected chi connectivity index (χ4v) is 1.39. The van der Waals surface area contributed by atoms with Crippen molar-refractivity contribution < 1.29 is 0 Å². The second kappa shape index (κ2) is 7.14. The van der Waals surface area contributed by atoms with Crippen molar-refractivity contribution in [1.82, 2.24) is 5.32 Å². The van der Waals surface area contributed by atoms with Gasteiger partial charge in [0.2, 0.25) is 0 Å². The number of hydrogen-bond acceptors (Lipinski definition) is 1. The molecule has 1 heteroatoms. The Balaban J connectivity index is 3.75. The van der Waals surface area contributed by atoms with Crippen LogP contribution >= 0.6 is 0 Å². The summed E-state index contributed by atoms with van der Waals surface area (Å²) >= 11 is 0. The van der Waals surface area contributed by atoms with E-state index in [4.69, 9.17) is 0 Å². The van der Waals surface area contributed by atoms with Crippen LogP contribution in [0.25, 0.3) is 0 Å². The van der Waals surface area contributed by atoms with Gasteiger partial charge in [-0.25, -0.2) is 0 Å². The second-order valence-electron chi connectivity index (χ2n) is 4.00. The van der Waals surface area contributed by atoms with Crippen LogP contribution in [0.5, 0.6) is 0 Å². The maximum Gasteiger partial charge on any atom is -0.00175 e. The van der Waals surface area contributed by atoms with Crippen LogP contribution in [0.3, 0.4) is 0 Å². The Kier molecular flexibility index (Phi) is 6.97. The van der Waals surface area contributed by atoms with Crippen molar-refractivity contribution in [2.24, 2.45) is 11.8 Å². The van der Waals surface area contributed by atoms with Gasteiger partial charge in [-0.3, -0.25) is 0 Å². The summed E-state index contributed by atoms with van der Waals surface area (Å²) in [5, 5.41) is 3.47. The predicted molar refractivity (Wildman–Crippen MR) is 60.9 cm³/mol. The van der Waals surface area contributed by atoms with E-state index in [1.807, 2.05) is 0 Å². The summed E-state index contributed by atoms with van der Waals surface area (Å²) in [7, 11) is 0. The molecule has 0 amide bonds. The van der Waals surface area contributed by atoms with E-state index in [0.717, 1.165) is 19.0 Å². The van der Waals surface area contributed by atoms with Crippen molar-refractivity contribution in [3.63, 3.8) is 0 Å². The number of rotatable bonds is 6. The molecule has 0 aromatic heterocycles. The molecule has 0 saturated heterocycles. The van der Waals surface area contributed by atoms with Crippen LogP contribution in [0.15, 0.2) is 11.6 Å². The fraction of sp³-hybridized carbons (Fsp3) is 0.833. The highest BCUT2D eigenvalue weighted by Gasteiger charge is 2.12. The zero-order valence-electron chi connectivity index (χ0n) is 9.85. The molecule has 0 heterocycles. The Hall–Kier alpha value is -0.300. The van der Waals surface area contributed by atoms with E-state index in [-0.39, 0.29) is 0 Å². The topological polar surface area (TPSA) is 12.0 Å². The lowest BCUT2D eigenvalue weighted by molar-refractivity contribution is 0.410. The molecular formula is C12H25N. The molecule has 0 spiro atoms. The molecule has 78 valence electrons. The molecule has 2 atom stereocenters. The minimum atomic E-state index is 0.703. The molecule has 13 heavy (non-hydrogen) atoms. The molecule has 1 N–H and O–H groups in total. The van der Waals surface area contributed by atoms with Crippen molar-refractivity contribution in [3.8, 4) is 0 Å².